The summed E-state index contributed by atoms with van der Waals surface area (Å²) in [7, 11) is 0. The number of amides is 1. The van der Waals surface area contributed by atoms with Crippen LogP contribution in [0.3, 0.4) is 0 Å². The average Bonchev–Trinajstić information content (AvgIpc) is 2.60. The van der Waals surface area contributed by atoms with Gasteiger partial charge in [-0.3, -0.25) is 4.79 Å². The van der Waals surface area contributed by atoms with Gasteiger partial charge in [0.2, 0.25) is 5.91 Å². The van der Waals surface area contributed by atoms with Gasteiger partial charge in [-0.25, -0.2) is 4.98 Å². The fourth-order valence-electron chi connectivity index (χ4n) is 1.73. The van der Waals surface area contributed by atoms with Crippen molar-refractivity contribution >= 4 is 39.1 Å². The summed E-state index contributed by atoms with van der Waals surface area (Å²) in [6.07, 6.45) is 2.33. The van der Waals surface area contributed by atoms with Gasteiger partial charge in [-0.1, -0.05) is 17.7 Å². The highest BCUT2D eigenvalue weighted by Gasteiger charge is 2.30. The highest BCUT2D eigenvalue weighted by Crippen LogP contribution is 2.31. The van der Waals surface area contributed by atoms with E-state index < -0.39 is 0 Å². The van der Waals surface area contributed by atoms with Crippen molar-refractivity contribution in [3.63, 3.8) is 0 Å². The standard InChI is InChI=1S/C11H10BrClN2O/c1-2-7-5-10(16)15(6-7)8-3-4-9(13)14-11(8)12/h2-4,7H,1,5-6H2. The molecule has 1 amide bonds. The SMILES string of the molecule is C=CC1CC(=O)N(c2ccc(Cl)nc2Br)C1. The lowest BCUT2D eigenvalue weighted by Crippen LogP contribution is -2.24. The summed E-state index contributed by atoms with van der Waals surface area (Å²) in [6, 6.07) is 3.47. The van der Waals surface area contributed by atoms with Crippen molar-refractivity contribution in [2.45, 2.75) is 6.42 Å². The molecular formula is C11H10BrClN2O. The Morgan fingerprint density at radius 1 is 1.62 bits per heavy atom. The third kappa shape index (κ3) is 2.13. The van der Waals surface area contributed by atoms with E-state index in [0.29, 0.717) is 22.7 Å². The molecule has 0 bridgehead atoms. The number of hydrogen-bond acceptors (Lipinski definition) is 2. The first-order chi connectivity index (χ1) is 7.61. The number of anilines is 1. The van der Waals surface area contributed by atoms with Crippen LogP contribution in [0.2, 0.25) is 5.15 Å². The molecule has 1 aromatic heterocycles. The highest BCUT2D eigenvalue weighted by atomic mass is 79.9. The zero-order valence-corrected chi connectivity index (χ0v) is 10.8. The Balaban J connectivity index is 2.31. The predicted molar refractivity (Wildman–Crippen MR) is 67.6 cm³/mol. The van der Waals surface area contributed by atoms with E-state index in [1.807, 2.05) is 6.08 Å². The summed E-state index contributed by atoms with van der Waals surface area (Å²) < 4.78 is 0.595. The van der Waals surface area contributed by atoms with Crippen LogP contribution >= 0.6 is 27.5 Å². The second-order valence-electron chi connectivity index (χ2n) is 3.65. The van der Waals surface area contributed by atoms with Crippen molar-refractivity contribution in [2.24, 2.45) is 5.92 Å². The lowest BCUT2D eigenvalue weighted by atomic mass is 10.1. The number of carbonyl (C=O) groups is 1. The quantitative estimate of drug-likeness (QED) is 0.621. The van der Waals surface area contributed by atoms with E-state index in [1.54, 1.807) is 17.0 Å². The van der Waals surface area contributed by atoms with Crippen molar-refractivity contribution in [1.29, 1.82) is 0 Å². The molecule has 0 aliphatic carbocycles. The van der Waals surface area contributed by atoms with Crippen LogP contribution in [0.15, 0.2) is 29.4 Å². The van der Waals surface area contributed by atoms with Crippen molar-refractivity contribution in [1.82, 2.24) is 4.98 Å². The monoisotopic (exact) mass is 300 g/mol. The van der Waals surface area contributed by atoms with E-state index in [-0.39, 0.29) is 11.8 Å². The van der Waals surface area contributed by atoms with Gasteiger partial charge in [0.05, 0.1) is 5.69 Å². The Labute approximate surface area is 107 Å². The van der Waals surface area contributed by atoms with Crippen LogP contribution in [0, 0.1) is 5.92 Å². The minimum atomic E-state index is 0.0923. The summed E-state index contributed by atoms with van der Waals surface area (Å²) in [5.41, 5.74) is 0.763. The molecule has 1 atom stereocenters. The Hall–Kier alpha value is -0.870. The highest BCUT2D eigenvalue weighted by molar-refractivity contribution is 9.10. The first-order valence-corrected chi connectivity index (χ1v) is 6.04. The zero-order valence-electron chi connectivity index (χ0n) is 8.49. The molecule has 1 fully saturated rings. The molecule has 2 rings (SSSR count). The van der Waals surface area contributed by atoms with E-state index in [4.69, 9.17) is 11.6 Å². The summed E-state index contributed by atoms with van der Waals surface area (Å²) in [5, 5.41) is 0.405. The minimum Gasteiger partial charge on any atom is -0.309 e. The molecule has 1 aliphatic heterocycles. The van der Waals surface area contributed by atoms with Crippen LogP contribution in [0.25, 0.3) is 0 Å². The number of rotatable bonds is 2. The van der Waals surface area contributed by atoms with Gasteiger partial charge in [-0.05, 0) is 28.1 Å². The summed E-state index contributed by atoms with van der Waals surface area (Å²) in [6.45, 7) is 4.37. The van der Waals surface area contributed by atoms with Crippen molar-refractivity contribution < 1.29 is 4.79 Å². The van der Waals surface area contributed by atoms with E-state index in [2.05, 4.69) is 27.5 Å². The van der Waals surface area contributed by atoms with Crippen molar-refractivity contribution in [3.8, 4) is 0 Å². The second kappa shape index (κ2) is 4.55. The number of carbonyl (C=O) groups excluding carboxylic acids is 1. The molecular weight excluding hydrogens is 291 g/mol. The largest absolute Gasteiger partial charge is 0.309 e. The number of pyridine rings is 1. The molecule has 1 unspecified atom stereocenters. The smallest absolute Gasteiger partial charge is 0.227 e. The summed E-state index contributed by atoms with van der Waals surface area (Å²) in [4.78, 5) is 17.6. The molecule has 1 saturated heterocycles. The van der Waals surface area contributed by atoms with Crippen LogP contribution in [-0.4, -0.2) is 17.4 Å². The Morgan fingerprint density at radius 2 is 2.38 bits per heavy atom. The Kier molecular flexibility index (Phi) is 3.30. The zero-order chi connectivity index (χ0) is 11.7. The first-order valence-electron chi connectivity index (χ1n) is 4.87. The van der Waals surface area contributed by atoms with E-state index in [9.17, 15) is 4.79 Å². The van der Waals surface area contributed by atoms with Crippen LogP contribution in [0.5, 0.6) is 0 Å². The van der Waals surface area contributed by atoms with Gasteiger partial charge in [0.25, 0.3) is 0 Å². The van der Waals surface area contributed by atoms with Gasteiger partial charge >= 0.3 is 0 Å². The molecule has 16 heavy (non-hydrogen) atoms. The second-order valence-corrected chi connectivity index (χ2v) is 4.79. The van der Waals surface area contributed by atoms with Gasteiger partial charge < -0.3 is 4.90 Å². The van der Waals surface area contributed by atoms with Gasteiger partial charge in [0.1, 0.15) is 9.76 Å². The van der Waals surface area contributed by atoms with Crippen molar-refractivity contribution in [2.75, 3.05) is 11.4 Å². The summed E-state index contributed by atoms with van der Waals surface area (Å²) in [5.74, 6) is 0.310. The van der Waals surface area contributed by atoms with E-state index in [1.165, 1.54) is 0 Å². The fraction of sp³-hybridized carbons (Fsp3) is 0.273. The molecule has 3 nitrogen and oxygen atoms in total. The predicted octanol–water partition coefficient (Wildman–Crippen LogP) is 3.04. The van der Waals surface area contributed by atoms with Crippen LogP contribution < -0.4 is 4.90 Å². The van der Waals surface area contributed by atoms with Crippen LogP contribution in [-0.2, 0) is 4.79 Å². The normalized spacial score (nSPS) is 20.2. The molecule has 1 aromatic rings. The van der Waals surface area contributed by atoms with E-state index >= 15 is 0 Å². The third-order valence-corrected chi connectivity index (χ3v) is 3.37. The maximum atomic E-state index is 11.8. The molecule has 0 spiro atoms. The molecule has 84 valence electrons. The molecule has 0 N–H and O–H groups in total. The molecule has 5 heteroatoms. The third-order valence-electron chi connectivity index (χ3n) is 2.57. The number of nitrogens with zero attached hydrogens (tertiary/aromatic N) is 2. The fourth-order valence-corrected chi connectivity index (χ4v) is 2.52. The molecule has 1 aliphatic rings. The molecule has 0 saturated carbocycles. The molecule has 0 aromatic carbocycles. The van der Waals surface area contributed by atoms with Crippen LogP contribution in [0.4, 0.5) is 5.69 Å². The van der Waals surface area contributed by atoms with Gasteiger partial charge in [-0.2, -0.15) is 0 Å². The van der Waals surface area contributed by atoms with Gasteiger partial charge in [0, 0.05) is 18.9 Å². The first kappa shape index (κ1) is 11.6. The number of hydrogen-bond donors (Lipinski definition) is 0. The van der Waals surface area contributed by atoms with Crippen LogP contribution in [0.1, 0.15) is 6.42 Å². The van der Waals surface area contributed by atoms with Gasteiger partial charge in [0.15, 0.2) is 0 Å². The molecule has 0 radical (unpaired) electrons. The topological polar surface area (TPSA) is 33.2 Å². The Morgan fingerprint density at radius 3 is 2.94 bits per heavy atom. The van der Waals surface area contributed by atoms with Gasteiger partial charge in [-0.15, -0.1) is 6.58 Å². The maximum absolute atomic E-state index is 11.8. The number of aromatic nitrogens is 1. The summed E-state index contributed by atoms with van der Waals surface area (Å²) >= 11 is 9.07. The Bertz CT molecular complexity index is 450. The minimum absolute atomic E-state index is 0.0923. The van der Waals surface area contributed by atoms with E-state index in [0.717, 1.165) is 5.69 Å². The lowest BCUT2D eigenvalue weighted by Gasteiger charge is -2.17. The van der Waals surface area contributed by atoms with Crippen molar-refractivity contribution in [3.05, 3.63) is 34.5 Å². The maximum Gasteiger partial charge on any atom is 0.227 e. The average molecular weight is 302 g/mol. The lowest BCUT2D eigenvalue weighted by molar-refractivity contribution is -0.117. The number of halogens is 2. The molecule has 2 heterocycles.